The Balaban J connectivity index is 2.04. The predicted molar refractivity (Wildman–Crippen MR) is 79.4 cm³/mol. The summed E-state index contributed by atoms with van der Waals surface area (Å²) in [6, 6.07) is 5.28. The van der Waals surface area contributed by atoms with Crippen molar-refractivity contribution in [2.24, 2.45) is 0 Å². The van der Waals surface area contributed by atoms with E-state index in [1.165, 1.54) is 7.11 Å². The molecule has 1 heterocycles. The molecule has 1 aromatic carbocycles. The fourth-order valence-corrected chi connectivity index (χ4v) is 2.42. The number of benzene rings is 1. The molecule has 5 heteroatoms. The number of hydrogen-bond donors (Lipinski definition) is 1. The molecule has 2 rings (SSSR count). The Bertz CT molecular complexity index is 521. The lowest BCUT2D eigenvalue weighted by Crippen LogP contribution is -2.26. The Hall–Kier alpha value is -1.88. The van der Waals surface area contributed by atoms with Crippen molar-refractivity contribution in [2.75, 3.05) is 19.0 Å². The number of esters is 1. The highest BCUT2D eigenvalue weighted by molar-refractivity contribution is 6.01. The molecule has 1 aromatic rings. The van der Waals surface area contributed by atoms with Crippen LogP contribution in [-0.4, -0.2) is 31.7 Å². The summed E-state index contributed by atoms with van der Waals surface area (Å²) >= 11 is 0. The lowest BCUT2D eigenvalue weighted by Gasteiger charge is -2.22. The van der Waals surface area contributed by atoms with Gasteiger partial charge in [0.1, 0.15) is 0 Å². The van der Waals surface area contributed by atoms with Crippen LogP contribution >= 0.6 is 0 Å². The van der Waals surface area contributed by atoms with Crippen LogP contribution in [0, 0.1) is 6.92 Å². The van der Waals surface area contributed by atoms with E-state index in [1.807, 2.05) is 13.0 Å². The van der Waals surface area contributed by atoms with Gasteiger partial charge in [-0.15, -0.1) is 0 Å². The molecule has 5 nitrogen and oxygen atoms in total. The second-order valence-corrected chi connectivity index (χ2v) is 5.28. The van der Waals surface area contributed by atoms with Crippen LogP contribution in [0.4, 0.5) is 5.69 Å². The highest BCUT2D eigenvalue weighted by Gasteiger charge is 2.19. The zero-order valence-electron chi connectivity index (χ0n) is 12.5. The number of ether oxygens (including phenoxy) is 2. The third-order valence-corrected chi connectivity index (χ3v) is 3.54. The molecule has 1 unspecified atom stereocenters. The third kappa shape index (κ3) is 4.29. The van der Waals surface area contributed by atoms with Crippen molar-refractivity contribution in [2.45, 2.75) is 38.7 Å². The fourth-order valence-electron chi connectivity index (χ4n) is 2.42. The van der Waals surface area contributed by atoms with Crippen molar-refractivity contribution < 1.29 is 19.1 Å². The van der Waals surface area contributed by atoms with E-state index in [4.69, 9.17) is 9.47 Å². The number of hydrogen-bond acceptors (Lipinski definition) is 4. The molecule has 1 fully saturated rings. The first-order chi connectivity index (χ1) is 10.1. The van der Waals surface area contributed by atoms with Crippen molar-refractivity contribution in [3.05, 3.63) is 29.3 Å². The van der Waals surface area contributed by atoms with Gasteiger partial charge in [-0.05, 0) is 38.3 Å². The molecule has 114 valence electrons. The molecule has 0 aliphatic carbocycles. The average Bonchev–Trinajstić information content (AvgIpc) is 2.49. The molecular weight excluding hydrogens is 270 g/mol. The SMILES string of the molecule is COC(=O)c1cc(C)ccc1NC(=O)CC1CCCCO1. The average molecular weight is 291 g/mol. The Kier molecular flexibility index (Phi) is 5.33. The largest absolute Gasteiger partial charge is 0.465 e. The smallest absolute Gasteiger partial charge is 0.339 e. The first-order valence-corrected chi connectivity index (χ1v) is 7.20. The monoisotopic (exact) mass is 291 g/mol. The summed E-state index contributed by atoms with van der Waals surface area (Å²) < 4.78 is 10.3. The second-order valence-electron chi connectivity index (χ2n) is 5.28. The zero-order chi connectivity index (χ0) is 15.2. The van der Waals surface area contributed by atoms with Crippen LogP contribution in [0.2, 0.25) is 0 Å². The molecule has 0 saturated carbocycles. The summed E-state index contributed by atoms with van der Waals surface area (Å²) in [5.41, 5.74) is 1.78. The van der Waals surface area contributed by atoms with E-state index in [0.29, 0.717) is 17.7 Å². The molecule has 0 bridgehead atoms. The van der Waals surface area contributed by atoms with Gasteiger partial charge < -0.3 is 14.8 Å². The van der Waals surface area contributed by atoms with E-state index in [2.05, 4.69) is 5.32 Å². The van der Waals surface area contributed by atoms with Gasteiger partial charge in [0.25, 0.3) is 0 Å². The maximum Gasteiger partial charge on any atom is 0.339 e. The molecule has 0 radical (unpaired) electrons. The number of nitrogens with one attached hydrogen (secondary N) is 1. The lowest BCUT2D eigenvalue weighted by atomic mass is 10.1. The standard InChI is InChI=1S/C16H21NO4/c1-11-6-7-14(13(9-11)16(19)20-2)17-15(18)10-12-5-3-4-8-21-12/h6-7,9,12H,3-5,8,10H2,1-2H3,(H,17,18). The molecule has 1 saturated heterocycles. The highest BCUT2D eigenvalue weighted by atomic mass is 16.5. The van der Waals surface area contributed by atoms with Gasteiger partial charge in [0.15, 0.2) is 0 Å². The summed E-state index contributed by atoms with van der Waals surface area (Å²) in [6.07, 6.45) is 3.35. The van der Waals surface area contributed by atoms with Gasteiger partial charge in [-0.3, -0.25) is 4.79 Å². The third-order valence-electron chi connectivity index (χ3n) is 3.54. The van der Waals surface area contributed by atoms with Gasteiger partial charge in [0, 0.05) is 6.61 Å². The number of amides is 1. The van der Waals surface area contributed by atoms with E-state index < -0.39 is 5.97 Å². The number of rotatable bonds is 4. The summed E-state index contributed by atoms with van der Waals surface area (Å²) in [7, 11) is 1.33. The van der Waals surface area contributed by atoms with Crippen LogP contribution in [0.1, 0.15) is 41.6 Å². The Morgan fingerprint density at radius 1 is 1.38 bits per heavy atom. The van der Waals surface area contributed by atoms with Gasteiger partial charge >= 0.3 is 5.97 Å². The topological polar surface area (TPSA) is 64.6 Å². The highest BCUT2D eigenvalue weighted by Crippen LogP contribution is 2.20. The summed E-state index contributed by atoms with van der Waals surface area (Å²) in [5.74, 6) is -0.598. The van der Waals surface area contributed by atoms with Crippen LogP contribution < -0.4 is 5.32 Å². The van der Waals surface area contributed by atoms with Crippen molar-refractivity contribution >= 4 is 17.6 Å². The number of methoxy groups -OCH3 is 1. The van der Waals surface area contributed by atoms with Crippen LogP contribution in [0.3, 0.4) is 0 Å². The Morgan fingerprint density at radius 2 is 2.19 bits per heavy atom. The van der Waals surface area contributed by atoms with Crippen molar-refractivity contribution in [1.29, 1.82) is 0 Å². The fraction of sp³-hybridized carbons (Fsp3) is 0.500. The quantitative estimate of drug-likeness (QED) is 0.866. The maximum atomic E-state index is 12.1. The molecule has 1 N–H and O–H groups in total. The van der Waals surface area contributed by atoms with E-state index in [9.17, 15) is 9.59 Å². The normalized spacial score (nSPS) is 18.1. The van der Waals surface area contributed by atoms with Gasteiger partial charge in [-0.25, -0.2) is 4.79 Å². The molecule has 0 spiro atoms. The van der Waals surface area contributed by atoms with Gasteiger partial charge in [0.05, 0.1) is 30.9 Å². The van der Waals surface area contributed by atoms with Crippen LogP contribution in [0.15, 0.2) is 18.2 Å². The van der Waals surface area contributed by atoms with Crippen molar-refractivity contribution in [1.82, 2.24) is 0 Å². The van der Waals surface area contributed by atoms with Crippen LogP contribution in [0.25, 0.3) is 0 Å². The first kappa shape index (κ1) is 15.5. The second kappa shape index (κ2) is 7.22. The van der Waals surface area contributed by atoms with Crippen LogP contribution in [-0.2, 0) is 14.3 Å². The number of anilines is 1. The Morgan fingerprint density at radius 3 is 2.86 bits per heavy atom. The number of carbonyl (C=O) groups is 2. The molecule has 1 atom stereocenters. The minimum atomic E-state index is -0.456. The summed E-state index contributed by atoms with van der Waals surface area (Å²) in [5, 5.41) is 2.78. The van der Waals surface area contributed by atoms with Gasteiger partial charge in [0.2, 0.25) is 5.91 Å². The lowest BCUT2D eigenvalue weighted by molar-refractivity contribution is -0.119. The minimum absolute atomic E-state index is 0.0224. The summed E-state index contributed by atoms with van der Waals surface area (Å²) in [4.78, 5) is 23.8. The van der Waals surface area contributed by atoms with Crippen LogP contribution in [0.5, 0.6) is 0 Å². The maximum absolute atomic E-state index is 12.1. The van der Waals surface area contributed by atoms with Crippen molar-refractivity contribution in [3.8, 4) is 0 Å². The molecule has 0 aromatic heterocycles. The number of carbonyl (C=O) groups excluding carboxylic acids is 2. The number of aryl methyl sites for hydroxylation is 1. The van der Waals surface area contributed by atoms with Crippen molar-refractivity contribution in [3.63, 3.8) is 0 Å². The Labute approximate surface area is 124 Å². The predicted octanol–water partition coefficient (Wildman–Crippen LogP) is 2.68. The molecular formula is C16H21NO4. The molecule has 21 heavy (non-hydrogen) atoms. The minimum Gasteiger partial charge on any atom is -0.465 e. The zero-order valence-corrected chi connectivity index (χ0v) is 12.5. The van der Waals surface area contributed by atoms with Gasteiger partial charge in [-0.1, -0.05) is 11.6 Å². The molecule has 1 amide bonds. The van der Waals surface area contributed by atoms with Gasteiger partial charge in [-0.2, -0.15) is 0 Å². The molecule has 1 aliphatic rings. The van der Waals surface area contributed by atoms with E-state index in [0.717, 1.165) is 31.4 Å². The van der Waals surface area contributed by atoms with E-state index >= 15 is 0 Å². The molecule has 1 aliphatic heterocycles. The van der Waals surface area contributed by atoms with E-state index in [1.54, 1.807) is 12.1 Å². The first-order valence-electron chi connectivity index (χ1n) is 7.20. The van der Waals surface area contributed by atoms with E-state index in [-0.39, 0.29) is 12.0 Å². The summed E-state index contributed by atoms with van der Waals surface area (Å²) in [6.45, 7) is 2.60.